The van der Waals surface area contributed by atoms with Gasteiger partial charge >= 0.3 is 0 Å². The lowest BCUT2D eigenvalue weighted by atomic mass is 9.45. The van der Waals surface area contributed by atoms with Gasteiger partial charge in [0.05, 0.1) is 18.0 Å². The number of hydrogen-bond donors (Lipinski definition) is 1. The Labute approximate surface area is 163 Å². The van der Waals surface area contributed by atoms with Crippen LogP contribution in [0.15, 0.2) is 36.3 Å². The number of nitrogens with zero attached hydrogens (tertiary/aromatic N) is 2. The highest BCUT2D eigenvalue weighted by Crippen LogP contribution is 2.67. The van der Waals surface area contributed by atoms with E-state index in [0.29, 0.717) is 17.3 Å². The van der Waals surface area contributed by atoms with E-state index in [4.69, 9.17) is 0 Å². The predicted octanol–water partition coefficient (Wildman–Crippen LogP) is 5.04. The molecule has 0 aliphatic heterocycles. The maximum atomic E-state index is 10.2. The van der Waals surface area contributed by atoms with Crippen molar-refractivity contribution in [2.45, 2.75) is 65.4 Å². The van der Waals surface area contributed by atoms with Crippen LogP contribution in [0.4, 0.5) is 0 Å². The van der Waals surface area contributed by atoms with E-state index in [9.17, 15) is 5.11 Å². The number of rotatable bonds is 1. The van der Waals surface area contributed by atoms with Crippen LogP contribution in [-0.4, -0.2) is 21.2 Å². The van der Waals surface area contributed by atoms with Crippen molar-refractivity contribution in [3.63, 3.8) is 0 Å². The number of allylic oxidation sites excluding steroid dienone is 3. The number of aliphatic hydroxyl groups is 1. The lowest BCUT2D eigenvalue weighted by molar-refractivity contribution is -0.0426. The summed E-state index contributed by atoms with van der Waals surface area (Å²) in [4.78, 5) is 8.97. The van der Waals surface area contributed by atoms with Gasteiger partial charge in [0.15, 0.2) is 0 Å². The lowest BCUT2D eigenvalue weighted by Gasteiger charge is -2.59. The zero-order valence-corrected chi connectivity index (χ0v) is 16.9. The summed E-state index contributed by atoms with van der Waals surface area (Å²) in [5.74, 6) is 2.79. The van der Waals surface area contributed by atoms with E-state index in [0.717, 1.165) is 36.8 Å². The standard InChI is InChI=1S/C24H32N2O/c1-15-12-16-13-17(27)6-8-23(16,2)20-7-9-24(3)18(4-5-19(24)22(15)20)21-14-25-10-11-26-21/h4,10-12,14-15,17,19-20,22,27H,5-9,13H2,1-3H3/t15?,17?,19-,20-,22-,23-,24+/m0/s1. The number of hydrogen-bond acceptors (Lipinski definition) is 3. The fourth-order valence-electron chi connectivity index (χ4n) is 7.41. The molecule has 7 atom stereocenters. The second-order valence-corrected chi connectivity index (χ2v) is 10.1. The van der Waals surface area contributed by atoms with Crippen LogP contribution in [0.2, 0.25) is 0 Å². The summed E-state index contributed by atoms with van der Waals surface area (Å²) < 4.78 is 0. The maximum absolute atomic E-state index is 10.2. The molecule has 2 unspecified atom stereocenters. The zero-order chi connectivity index (χ0) is 18.8. The summed E-state index contributed by atoms with van der Waals surface area (Å²) in [7, 11) is 0. The van der Waals surface area contributed by atoms with E-state index in [1.165, 1.54) is 24.8 Å². The Morgan fingerprint density at radius 3 is 2.67 bits per heavy atom. The third-order valence-electron chi connectivity index (χ3n) is 8.83. The average molecular weight is 365 g/mol. The molecule has 0 amide bonds. The van der Waals surface area contributed by atoms with E-state index < -0.39 is 0 Å². The van der Waals surface area contributed by atoms with Gasteiger partial charge in [-0.1, -0.05) is 38.5 Å². The molecule has 1 heterocycles. The van der Waals surface area contributed by atoms with Crippen molar-refractivity contribution in [1.29, 1.82) is 0 Å². The van der Waals surface area contributed by atoms with Gasteiger partial charge in [0.1, 0.15) is 0 Å². The molecule has 3 heteroatoms. The second kappa shape index (κ2) is 6.01. The molecular formula is C24H32N2O. The second-order valence-electron chi connectivity index (χ2n) is 10.1. The monoisotopic (exact) mass is 364 g/mol. The molecule has 1 N–H and O–H groups in total. The zero-order valence-electron chi connectivity index (χ0n) is 16.9. The van der Waals surface area contributed by atoms with Crippen molar-refractivity contribution < 1.29 is 5.11 Å². The molecule has 1 aromatic rings. The lowest BCUT2D eigenvalue weighted by Crippen LogP contribution is -2.52. The molecule has 2 saturated carbocycles. The van der Waals surface area contributed by atoms with Crippen LogP contribution < -0.4 is 0 Å². The first-order chi connectivity index (χ1) is 12.9. The van der Waals surface area contributed by atoms with Crippen molar-refractivity contribution in [3.8, 4) is 0 Å². The van der Waals surface area contributed by atoms with E-state index in [-0.39, 0.29) is 11.5 Å². The van der Waals surface area contributed by atoms with Gasteiger partial charge in [0.2, 0.25) is 0 Å². The minimum absolute atomic E-state index is 0.127. The van der Waals surface area contributed by atoms with Gasteiger partial charge in [0, 0.05) is 12.4 Å². The molecule has 4 aliphatic rings. The minimum atomic E-state index is -0.127. The molecule has 0 aromatic carbocycles. The third kappa shape index (κ3) is 2.43. The smallest absolute Gasteiger partial charge is 0.0847 e. The number of fused-ring (bicyclic) bond motifs is 5. The molecular weight excluding hydrogens is 332 g/mol. The Morgan fingerprint density at radius 1 is 1.07 bits per heavy atom. The molecule has 4 aliphatic carbocycles. The normalized spacial score (nSPS) is 46.0. The molecule has 0 spiro atoms. The van der Waals surface area contributed by atoms with Crippen molar-refractivity contribution in [2.24, 2.45) is 34.5 Å². The van der Waals surface area contributed by atoms with Crippen molar-refractivity contribution in [3.05, 3.63) is 42.0 Å². The van der Waals surface area contributed by atoms with Gasteiger partial charge in [0.25, 0.3) is 0 Å². The van der Waals surface area contributed by atoms with Crippen LogP contribution in [0.1, 0.15) is 65.0 Å². The van der Waals surface area contributed by atoms with Crippen LogP contribution in [-0.2, 0) is 0 Å². The Hall–Kier alpha value is -1.48. The first kappa shape index (κ1) is 17.6. The average Bonchev–Trinajstić information content (AvgIpc) is 3.01. The van der Waals surface area contributed by atoms with Crippen LogP contribution >= 0.6 is 0 Å². The molecule has 2 fully saturated rings. The Morgan fingerprint density at radius 2 is 1.89 bits per heavy atom. The quantitative estimate of drug-likeness (QED) is 0.710. The van der Waals surface area contributed by atoms with Crippen molar-refractivity contribution >= 4 is 5.57 Å². The fraction of sp³-hybridized carbons (Fsp3) is 0.667. The molecule has 0 bridgehead atoms. The molecule has 0 saturated heterocycles. The summed E-state index contributed by atoms with van der Waals surface area (Å²) in [5, 5.41) is 10.2. The van der Waals surface area contributed by atoms with E-state index in [2.05, 4.69) is 42.9 Å². The summed E-state index contributed by atoms with van der Waals surface area (Å²) >= 11 is 0. The van der Waals surface area contributed by atoms with Crippen LogP contribution in [0, 0.1) is 34.5 Å². The largest absolute Gasteiger partial charge is 0.393 e. The van der Waals surface area contributed by atoms with Gasteiger partial charge in [-0.2, -0.15) is 0 Å². The number of aromatic nitrogens is 2. The van der Waals surface area contributed by atoms with Crippen molar-refractivity contribution in [1.82, 2.24) is 9.97 Å². The Balaban J connectivity index is 1.52. The SMILES string of the molecule is CC1C=C2CC(O)CC[C@]2(C)[C@H]2CC[C@]3(C)C(c4cnccn4)=CC[C@H]3[C@H]12. The first-order valence-electron chi connectivity index (χ1n) is 10.8. The fourth-order valence-corrected chi connectivity index (χ4v) is 7.41. The molecule has 3 nitrogen and oxygen atoms in total. The van der Waals surface area contributed by atoms with Gasteiger partial charge in [-0.25, -0.2) is 0 Å². The summed E-state index contributed by atoms with van der Waals surface area (Å²) in [5.41, 5.74) is 4.59. The van der Waals surface area contributed by atoms with Crippen LogP contribution in [0.3, 0.4) is 0 Å². The van der Waals surface area contributed by atoms with Crippen molar-refractivity contribution in [2.75, 3.05) is 0 Å². The summed E-state index contributed by atoms with van der Waals surface area (Å²) in [6.07, 6.45) is 17.2. The molecule has 5 rings (SSSR count). The Kier molecular flexibility index (Phi) is 3.92. The minimum Gasteiger partial charge on any atom is -0.393 e. The van der Waals surface area contributed by atoms with E-state index >= 15 is 0 Å². The highest BCUT2D eigenvalue weighted by molar-refractivity contribution is 5.70. The Bertz CT molecular complexity index is 800. The number of aliphatic hydroxyl groups excluding tert-OH is 1. The van der Waals surface area contributed by atoms with Crippen LogP contribution in [0.25, 0.3) is 5.57 Å². The van der Waals surface area contributed by atoms with Gasteiger partial charge < -0.3 is 5.11 Å². The molecule has 144 valence electrons. The summed E-state index contributed by atoms with van der Waals surface area (Å²) in [6.45, 7) is 7.42. The predicted molar refractivity (Wildman–Crippen MR) is 108 cm³/mol. The highest BCUT2D eigenvalue weighted by atomic mass is 16.3. The van der Waals surface area contributed by atoms with E-state index in [1.807, 2.05) is 12.4 Å². The maximum Gasteiger partial charge on any atom is 0.0847 e. The summed E-state index contributed by atoms with van der Waals surface area (Å²) in [6, 6.07) is 0. The molecule has 1 aromatic heterocycles. The van der Waals surface area contributed by atoms with Gasteiger partial charge in [-0.05, 0) is 78.6 Å². The van der Waals surface area contributed by atoms with Gasteiger partial charge in [-0.15, -0.1) is 0 Å². The molecule has 0 radical (unpaired) electrons. The van der Waals surface area contributed by atoms with Gasteiger partial charge in [-0.3, -0.25) is 9.97 Å². The highest BCUT2D eigenvalue weighted by Gasteiger charge is 2.58. The van der Waals surface area contributed by atoms with Crippen LogP contribution in [0.5, 0.6) is 0 Å². The molecule has 27 heavy (non-hydrogen) atoms. The third-order valence-corrected chi connectivity index (χ3v) is 8.83. The first-order valence-corrected chi connectivity index (χ1v) is 10.8. The topological polar surface area (TPSA) is 46.0 Å². The van der Waals surface area contributed by atoms with E-state index in [1.54, 1.807) is 11.8 Å².